The van der Waals surface area contributed by atoms with Crippen molar-refractivity contribution in [3.05, 3.63) is 40.1 Å². The number of halogens is 1. The number of aromatic amines is 1. The topological polar surface area (TPSA) is 56.3 Å². The second-order valence-electron chi connectivity index (χ2n) is 5.43. The van der Waals surface area contributed by atoms with Crippen molar-refractivity contribution in [3.8, 4) is 0 Å². The molecule has 2 N–H and O–H groups in total. The first-order valence-electron chi connectivity index (χ1n) is 6.93. The molecule has 1 aromatic carbocycles. The van der Waals surface area contributed by atoms with Crippen molar-refractivity contribution in [3.63, 3.8) is 0 Å². The third-order valence-corrected chi connectivity index (χ3v) is 4.62. The van der Waals surface area contributed by atoms with E-state index in [2.05, 4.69) is 18.0 Å². The fourth-order valence-corrected chi connectivity index (χ4v) is 3.25. The highest BCUT2D eigenvalue weighted by Crippen LogP contribution is 2.34. The zero-order valence-corrected chi connectivity index (χ0v) is 12.8. The first kappa shape index (κ1) is 14.0. The molecule has 4 nitrogen and oxygen atoms in total. The van der Waals surface area contributed by atoms with E-state index in [1.165, 1.54) is 27.0 Å². The molecule has 1 amide bonds. The minimum absolute atomic E-state index is 0.453. The Bertz CT molecular complexity index is 761. The van der Waals surface area contributed by atoms with Gasteiger partial charge in [0.1, 0.15) is 5.15 Å². The van der Waals surface area contributed by atoms with Crippen LogP contribution in [-0.4, -0.2) is 34.2 Å². The molecule has 0 spiro atoms. The first-order valence-corrected chi connectivity index (χ1v) is 7.31. The van der Waals surface area contributed by atoms with Crippen LogP contribution >= 0.6 is 11.6 Å². The maximum atomic E-state index is 11.0. The molecule has 21 heavy (non-hydrogen) atoms. The molecule has 0 unspecified atom stereocenters. The Kier molecular flexibility index (Phi) is 3.41. The summed E-state index contributed by atoms with van der Waals surface area (Å²) in [6.45, 7) is 5.11. The number of hydrogen-bond acceptors (Lipinski definition) is 1. The number of amides is 1. The lowest BCUT2D eigenvalue weighted by Gasteiger charge is -2.24. The van der Waals surface area contributed by atoms with Crippen LogP contribution in [-0.2, 0) is 0 Å². The Morgan fingerprint density at radius 2 is 2.10 bits per heavy atom. The SMILES string of the molecule is Cc1c(C2=CCN(C(=O)O)CC2)ccc2[nH]c(Cl)c(C)c12. The molecule has 0 fully saturated rings. The molecule has 0 saturated heterocycles. The molecule has 0 saturated carbocycles. The zero-order valence-electron chi connectivity index (χ0n) is 12.0. The predicted molar refractivity (Wildman–Crippen MR) is 85.0 cm³/mol. The number of H-pyrrole nitrogens is 1. The van der Waals surface area contributed by atoms with Crippen molar-refractivity contribution in [2.45, 2.75) is 20.3 Å². The van der Waals surface area contributed by atoms with Gasteiger partial charge in [0, 0.05) is 24.0 Å². The molecule has 1 aliphatic heterocycles. The van der Waals surface area contributed by atoms with Crippen molar-refractivity contribution in [2.24, 2.45) is 0 Å². The maximum Gasteiger partial charge on any atom is 0.407 e. The lowest BCUT2D eigenvalue weighted by molar-refractivity contribution is 0.150. The Hall–Kier alpha value is -1.94. The average Bonchev–Trinajstić information content (AvgIpc) is 2.75. The number of hydrogen-bond donors (Lipinski definition) is 2. The van der Waals surface area contributed by atoms with Crippen molar-refractivity contribution >= 4 is 34.2 Å². The zero-order chi connectivity index (χ0) is 15.1. The van der Waals surface area contributed by atoms with Crippen molar-refractivity contribution in [1.82, 2.24) is 9.88 Å². The smallest absolute Gasteiger partial charge is 0.407 e. The predicted octanol–water partition coefficient (Wildman–Crippen LogP) is 4.21. The van der Waals surface area contributed by atoms with Crippen LogP contribution in [0.2, 0.25) is 5.15 Å². The Morgan fingerprint density at radius 1 is 1.33 bits per heavy atom. The molecule has 0 bridgehead atoms. The van der Waals surface area contributed by atoms with Crippen LogP contribution in [0.4, 0.5) is 4.79 Å². The maximum absolute atomic E-state index is 11.0. The molecule has 0 aliphatic carbocycles. The van der Waals surface area contributed by atoms with Gasteiger partial charge in [0.05, 0.1) is 0 Å². The average molecular weight is 305 g/mol. The summed E-state index contributed by atoms with van der Waals surface area (Å²) in [4.78, 5) is 15.6. The molecule has 0 radical (unpaired) electrons. The van der Waals surface area contributed by atoms with E-state index in [0.29, 0.717) is 18.2 Å². The van der Waals surface area contributed by atoms with Crippen LogP contribution < -0.4 is 0 Å². The van der Waals surface area contributed by atoms with E-state index in [4.69, 9.17) is 16.7 Å². The number of aryl methyl sites for hydroxylation is 2. The summed E-state index contributed by atoms with van der Waals surface area (Å²) in [6, 6.07) is 4.13. The van der Waals surface area contributed by atoms with Gasteiger partial charge >= 0.3 is 6.09 Å². The van der Waals surface area contributed by atoms with Gasteiger partial charge in [0.2, 0.25) is 0 Å². The molecule has 5 heteroatoms. The standard InChI is InChI=1S/C16H17ClN2O2/c1-9-12(11-5-7-19(8-6-11)16(20)21)3-4-13-14(9)10(2)15(17)18-13/h3-5,18H,6-8H2,1-2H3,(H,20,21). The van der Waals surface area contributed by atoms with Gasteiger partial charge in [-0.2, -0.15) is 0 Å². The summed E-state index contributed by atoms with van der Waals surface area (Å²) in [6.07, 6.45) is 1.90. The second kappa shape index (κ2) is 5.11. The minimum atomic E-state index is -0.856. The fourth-order valence-electron chi connectivity index (χ4n) is 3.06. The van der Waals surface area contributed by atoms with Crippen LogP contribution in [0.3, 0.4) is 0 Å². The molecule has 0 atom stereocenters. The molecule has 3 rings (SSSR count). The highest BCUT2D eigenvalue weighted by molar-refractivity contribution is 6.31. The molecule has 110 valence electrons. The largest absolute Gasteiger partial charge is 0.465 e. The summed E-state index contributed by atoms with van der Waals surface area (Å²) in [5.74, 6) is 0. The normalized spacial score (nSPS) is 15.4. The highest BCUT2D eigenvalue weighted by Gasteiger charge is 2.19. The lowest BCUT2D eigenvalue weighted by atomic mass is 9.93. The van der Waals surface area contributed by atoms with Gasteiger partial charge < -0.3 is 15.0 Å². The van der Waals surface area contributed by atoms with Gasteiger partial charge in [-0.15, -0.1) is 0 Å². The molecule has 2 heterocycles. The number of rotatable bonds is 1. The van der Waals surface area contributed by atoms with E-state index in [9.17, 15) is 4.79 Å². The van der Waals surface area contributed by atoms with Gasteiger partial charge in [-0.3, -0.25) is 0 Å². The molecule has 1 aliphatic rings. The Balaban J connectivity index is 2.04. The van der Waals surface area contributed by atoms with E-state index in [-0.39, 0.29) is 0 Å². The lowest BCUT2D eigenvalue weighted by Crippen LogP contribution is -2.33. The van der Waals surface area contributed by atoms with E-state index in [1.54, 1.807) is 0 Å². The third-order valence-electron chi connectivity index (χ3n) is 4.24. The number of nitrogens with zero attached hydrogens (tertiary/aromatic N) is 1. The van der Waals surface area contributed by atoms with Gasteiger partial charge in [-0.1, -0.05) is 23.7 Å². The van der Waals surface area contributed by atoms with Crippen molar-refractivity contribution in [2.75, 3.05) is 13.1 Å². The third kappa shape index (κ3) is 2.29. The van der Waals surface area contributed by atoms with E-state index in [0.717, 1.165) is 17.5 Å². The second-order valence-corrected chi connectivity index (χ2v) is 5.81. The van der Waals surface area contributed by atoms with Crippen LogP contribution in [0.15, 0.2) is 18.2 Å². The van der Waals surface area contributed by atoms with Gasteiger partial charge in [-0.05, 0) is 48.6 Å². The highest BCUT2D eigenvalue weighted by atomic mass is 35.5. The molecular weight excluding hydrogens is 288 g/mol. The van der Waals surface area contributed by atoms with Crippen LogP contribution in [0.5, 0.6) is 0 Å². The van der Waals surface area contributed by atoms with E-state index in [1.807, 2.05) is 19.1 Å². The molecule has 1 aromatic heterocycles. The van der Waals surface area contributed by atoms with Crippen molar-refractivity contribution in [1.29, 1.82) is 0 Å². The van der Waals surface area contributed by atoms with Crippen LogP contribution in [0.1, 0.15) is 23.1 Å². The number of benzene rings is 1. The van der Waals surface area contributed by atoms with Crippen molar-refractivity contribution < 1.29 is 9.90 Å². The fraction of sp³-hybridized carbons (Fsp3) is 0.312. The van der Waals surface area contributed by atoms with E-state index >= 15 is 0 Å². The number of carboxylic acid groups (broad SMARTS) is 1. The van der Waals surface area contributed by atoms with Gasteiger partial charge in [0.15, 0.2) is 0 Å². The van der Waals surface area contributed by atoms with Gasteiger partial charge in [0.25, 0.3) is 0 Å². The summed E-state index contributed by atoms with van der Waals surface area (Å²) >= 11 is 6.17. The summed E-state index contributed by atoms with van der Waals surface area (Å²) in [5, 5.41) is 10.9. The number of carbonyl (C=O) groups is 1. The van der Waals surface area contributed by atoms with Crippen LogP contribution in [0.25, 0.3) is 16.5 Å². The van der Waals surface area contributed by atoms with Crippen LogP contribution in [0, 0.1) is 13.8 Å². The quantitative estimate of drug-likeness (QED) is 0.829. The Labute approximate surface area is 128 Å². The summed E-state index contributed by atoms with van der Waals surface area (Å²) < 4.78 is 0. The number of aromatic nitrogens is 1. The number of nitrogens with one attached hydrogen (secondary N) is 1. The molecular formula is C16H17ClN2O2. The monoisotopic (exact) mass is 304 g/mol. The Morgan fingerprint density at radius 3 is 2.71 bits per heavy atom. The summed E-state index contributed by atoms with van der Waals surface area (Å²) in [5.41, 5.74) is 5.70. The van der Waals surface area contributed by atoms with E-state index < -0.39 is 6.09 Å². The first-order chi connectivity index (χ1) is 9.99. The molecule has 2 aromatic rings. The van der Waals surface area contributed by atoms with Gasteiger partial charge in [-0.25, -0.2) is 4.79 Å². The summed E-state index contributed by atoms with van der Waals surface area (Å²) in [7, 11) is 0. The minimum Gasteiger partial charge on any atom is -0.465 e. The number of fused-ring (bicyclic) bond motifs is 1.